The molecule has 1 aliphatic heterocycles. The molecule has 0 fully saturated rings. The van der Waals surface area contributed by atoms with E-state index < -0.39 is 24.1 Å². The number of nitrogens with zero attached hydrogens (tertiary/aromatic N) is 1. The standard InChI is InChI=1S/C30H32ClNO8/c1-6-39-27(33)16-26-30(34)32(17-18-10-11-20(36-3)15-25(18)38-5)23-13-12-19(35-2)14-22(23)29(40-26)21-8-7-9-24(37-4)28(21)31/h7-15,26,29H,6,16-17H2,1-5H3. The average Bonchev–Trinajstić information content (AvgIpc) is 3.07. The fourth-order valence-electron chi connectivity index (χ4n) is 4.66. The second kappa shape index (κ2) is 12.9. The molecule has 3 aromatic rings. The van der Waals surface area contributed by atoms with E-state index >= 15 is 0 Å². The lowest BCUT2D eigenvalue weighted by atomic mass is 9.98. The van der Waals surface area contributed by atoms with Crippen LogP contribution in [0.5, 0.6) is 23.0 Å². The number of carbonyl (C=O) groups excluding carboxylic acids is 2. The monoisotopic (exact) mass is 569 g/mol. The van der Waals surface area contributed by atoms with Gasteiger partial charge >= 0.3 is 5.97 Å². The molecule has 10 heteroatoms. The summed E-state index contributed by atoms with van der Waals surface area (Å²) in [5.41, 5.74) is 2.49. The van der Waals surface area contributed by atoms with Crippen molar-refractivity contribution < 1.29 is 38.0 Å². The molecule has 1 aliphatic rings. The van der Waals surface area contributed by atoms with Gasteiger partial charge in [0.1, 0.15) is 35.2 Å². The van der Waals surface area contributed by atoms with Crippen molar-refractivity contribution in [1.29, 1.82) is 0 Å². The number of hydrogen-bond acceptors (Lipinski definition) is 8. The van der Waals surface area contributed by atoms with Gasteiger partial charge < -0.3 is 33.3 Å². The summed E-state index contributed by atoms with van der Waals surface area (Å²) < 4.78 is 33.5. The first-order valence-electron chi connectivity index (χ1n) is 12.7. The van der Waals surface area contributed by atoms with Gasteiger partial charge in [0.05, 0.1) is 58.7 Å². The van der Waals surface area contributed by atoms with Gasteiger partial charge in [-0.3, -0.25) is 9.59 Å². The van der Waals surface area contributed by atoms with Gasteiger partial charge in [-0.1, -0.05) is 23.7 Å². The van der Waals surface area contributed by atoms with Crippen LogP contribution < -0.4 is 23.8 Å². The lowest BCUT2D eigenvalue weighted by Gasteiger charge is -2.26. The number of hydrogen-bond donors (Lipinski definition) is 0. The first kappa shape index (κ1) is 29.0. The van der Waals surface area contributed by atoms with Crippen molar-refractivity contribution in [2.75, 3.05) is 39.9 Å². The Morgan fingerprint density at radius 1 is 0.900 bits per heavy atom. The highest BCUT2D eigenvalue weighted by Crippen LogP contribution is 2.45. The molecule has 2 unspecified atom stereocenters. The number of fused-ring (bicyclic) bond motifs is 1. The van der Waals surface area contributed by atoms with Gasteiger partial charge in [0.25, 0.3) is 5.91 Å². The molecule has 0 aromatic heterocycles. The third-order valence-electron chi connectivity index (χ3n) is 6.63. The van der Waals surface area contributed by atoms with E-state index in [0.717, 1.165) is 5.56 Å². The van der Waals surface area contributed by atoms with Crippen LogP contribution in [0.25, 0.3) is 0 Å². The van der Waals surface area contributed by atoms with Gasteiger partial charge in [-0.25, -0.2) is 0 Å². The molecule has 3 aromatic carbocycles. The summed E-state index contributed by atoms with van der Waals surface area (Å²) in [6.45, 7) is 2.01. The van der Waals surface area contributed by atoms with Crippen molar-refractivity contribution in [3.8, 4) is 23.0 Å². The summed E-state index contributed by atoms with van der Waals surface area (Å²) in [5.74, 6) is 1.20. The third-order valence-corrected chi connectivity index (χ3v) is 7.03. The van der Waals surface area contributed by atoms with E-state index in [1.807, 2.05) is 6.07 Å². The minimum Gasteiger partial charge on any atom is -0.497 e. The van der Waals surface area contributed by atoms with Gasteiger partial charge in [0, 0.05) is 22.8 Å². The minimum absolute atomic E-state index is 0.132. The first-order chi connectivity index (χ1) is 19.3. The fraction of sp³-hybridized carbons (Fsp3) is 0.333. The molecule has 0 N–H and O–H groups in total. The van der Waals surface area contributed by atoms with Crippen LogP contribution in [0.2, 0.25) is 5.02 Å². The molecule has 1 amide bonds. The number of anilines is 1. The van der Waals surface area contributed by atoms with Gasteiger partial charge in [-0.15, -0.1) is 0 Å². The summed E-state index contributed by atoms with van der Waals surface area (Å²) in [6.07, 6.45) is -2.29. The summed E-state index contributed by atoms with van der Waals surface area (Å²) in [7, 11) is 6.20. The molecule has 40 heavy (non-hydrogen) atoms. The fourth-order valence-corrected chi connectivity index (χ4v) is 4.96. The van der Waals surface area contributed by atoms with Gasteiger partial charge in [0.15, 0.2) is 0 Å². The maximum Gasteiger partial charge on any atom is 0.308 e. The Morgan fingerprint density at radius 2 is 1.60 bits per heavy atom. The molecule has 0 aliphatic carbocycles. The largest absolute Gasteiger partial charge is 0.497 e. The van der Waals surface area contributed by atoms with Crippen LogP contribution in [0.1, 0.15) is 36.1 Å². The van der Waals surface area contributed by atoms with Gasteiger partial charge in [-0.05, 0) is 43.3 Å². The van der Waals surface area contributed by atoms with E-state index in [9.17, 15) is 9.59 Å². The molecule has 9 nitrogen and oxygen atoms in total. The molecule has 0 radical (unpaired) electrons. The highest BCUT2D eigenvalue weighted by atomic mass is 35.5. The third kappa shape index (κ3) is 5.95. The van der Waals surface area contributed by atoms with Crippen LogP contribution >= 0.6 is 11.6 Å². The molecule has 0 saturated heterocycles. The number of carbonyl (C=O) groups is 2. The molecular weight excluding hydrogens is 538 g/mol. The molecular formula is C30H32ClNO8. The van der Waals surface area contributed by atoms with Crippen LogP contribution in [0, 0.1) is 0 Å². The Balaban J connectivity index is 1.90. The van der Waals surface area contributed by atoms with E-state index in [1.165, 1.54) is 7.11 Å². The highest BCUT2D eigenvalue weighted by molar-refractivity contribution is 6.33. The average molecular weight is 570 g/mol. The molecule has 0 spiro atoms. The van der Waals surface area contributed by atoms with Crippen LogP contribution in [-0.2, 0) is 25.6 Å². The van der Waals surface area contributed by atoms with E-state index in [-0.39, 0.29) is 19.6 Å². The Kier molecular flexibility index (Phi) is 9.39. The Bertz CT molecular complexity index is 1380. The SMILES string of the molecule is CCOC(=O)CC1OC(c2cccc(OC)c2Cl)c2cc(OC)ccc2N(Cc2ccc(OC)cc2OC)C1=O. The van der Waals surface area contributed by atoms with E-state index in [0.29, 0.717) is 44.8 Å². The second-order valence-electron chi connectivity index (χ2n) is 8.90. The van der Waals surface area contributed by atoms with Crippen molar-refractivity contribution in [2.45, 2.75) is 32.1 Å². The smallest absolute Gasteiger partial charge is 0.308 e. The first-order valence-corrected chi connectivity index (χ1v) is 13.1. The van der Waals surface area contributed by atoms with Crippen molar-refractivity contribution >= 4 is 29.2 Å². The summed E-state index contributed by atoms with van der Waals surface area (Å²) in [6, 6.07) is 16.0. The number of amides is 1. The summed E-state index contributed by atoms with van der Waals surface area (Å²) >= 11 is 6.75. The summed E-state index contributed by atoms with van der Waals surface area (Å²) in [4.78, 5) is 28.3. The van der Waals surface area contributed by atoms with E-state index in [4.69, 9.17) is 40.0 Å². The lowest BCUT2D eigenvalue weighted by molar-refractivity contribution is -0.151. The van der Waals surface area contributed by atoms with E-state index in [1.54, 1.807) is 81.7 Å². The van der Waals surface area contributed by atoms with Crippen molar-refractivity contribution in [2.24, 2.45) is 0 Å². The molecule has 1 heterocycles. The maximum atomic E-state index is 14.2. The second-order valence-corrected chi connectivity index (χ2v) is 9.28. The number of esters is 1. The quantitative estimate of drug-likeness (QED) is 0.302. The van der Waals surface area contributed by atoms with Gasteiger partial charge in [0.2, 0.25) is 0 Å². The normalized spacial score (nSPS) is 16.6. The topological polar surface area (TPSA) is 92.8 Å². The highest BCUT2D eigenvalue weighted by Gasteiger charge is 2.39. The van der Waals surface area contributed by atoms with Gasteiger partial charge in [-0.2, -0.15) is 0 Å². The molecule has 212 valence electrons. The zero-order chi connectivity index (χ0) is 28.8. The number of benzene rings is 3. The molecule has 2 atom stereocenters. The Labute approximate surface area is 238 Å². The predicted molar refractivity (Wildman–Crippen MR) is 150 cm³/mol. The number of methoxy groups -OCH3 is 4. The van der Waals surface area contributed by atoms with Crippen LogP contribution in [-0.4, -0.2) is 53.0 Å². The molecule has 4 rings (SSSR count). The lowest BCUT2D eigenvalue weighted by Crippen LogP contribution is -2.40. The number of halogens is 1. The zero-order valence-electron chi connectivity index (χ0n) is 23.1. The number of ether oxygens (including phenoxy) is 6. The summed E-state index contributed by atoms with van der Waals surface area (Å²) in [5, 5.41) is 0.330. The Morgan fingerprint density at radius 3 is 2.27 bits per heavy atom. The molecule has 0 saturated carbocycles. The zero-order valence-corrected chi connectivity index (χ0v) is 23.8. The van der Waals surface area contributed by atoms with Crippen LogP contribution in [0.3, 0.4) is 0 Å². The van der Waals surface area contributed by atoms with Crippen molar-refractivity contribution in [1.82, 2.24) is 0 Å². The Hall–Kier alpha value is -3.95. The maximum absolute atomic E-state index is 14.2. The van der Waals surface area contributed by atoms with Crippen molar-refractivity contribution in [3.05, 3.63) is 76.3 Å². The molecule has 0 bridgehead atoms. The minimum atomic E-state index is -1.17. The van der Waals surface area contributed by atoms with Crippen LogP contribution in [0.15, 0.2) is 54.6 Å². The van der Waals surface area contributed by atoms with E-state index in [2.05, 4.69) is 0 Å². The van der Waals surface area contributed by atoms with Crippen LogP contribution in [0.4, 0.5) is 5.69 Å². The van der Waals surface area contributed by atoms with Crippen molar-refractivity contribution in [3.63, 3.8) is 0 Å². The predicted octanol–water partition coefficient (Wildman–Crippen LogP) is 5.35. The number of rotatable bonds is 10.